The lowest BCUT2D eigenvalue weighted by Crippen LogP contribution is -2.10. The number of aromatic carboxylic acids is 1. The molecule has 2 aromatic heterocycles. The van der Waals surface area contributed by atoms with E-state index in [0.717, 1.165) is 17.5 Å². The standard InChI is InChI=1S/C10H9F2N5O3/c11-8(12)7-6(10(18)19)14-16-17(7)3-5-13-9(20-15-5)4-1-2-4/h4,8H,1-3H2,(H,18,19). The molecule has 0 amide bonds. The van der Waals surface area contributed by atoms with E-state index in [1.165, 1.54) is 0 Å². The summed E-state index contributed by atoms with van der Waals surface area (Å²) in [5.74, 6) is -0.678. The van der Waals surface area contributed by atoms with Gasteiger partial charge in [-0.25, -0.2) is 18.3 Å². The number of carboxylic acid groups (broad SMARTS) is 1. The van der Waals surface area contributed by atoms with E-state index in [1.54, 1.807) is 0 Å². The molecule has 0 atom stereocenters. The maximum Gasteiger partial charge on any atom is 0.358 e. The molecular weight excluding hydrogens is 276 g/mol. The van der Waals surface area contributed by atoms with Crippen LogP contribution in [0.1, 0.15) is 53.1 Å². The van der Waals surface area contributed by atoms with Crippen LogP contribution in [-0.4, -0.2) is 36.2 Å². The second-order valence-electron chi connectivity index (χ2n) is 4.41. The van der Waals surface area contributed by atoms with Gasteiger partial charge in [0.05, 0.1) is 0 Å². The van der Waals surface area contributed by atoms with E-state index in [1.807, 2.05) is 0 Å². The van der Waals surface area contributed by atoms with Crippen molar-refractivity contribution >= 4 is 5.97 Å². The Labute approximate surface area is 110 Å². The van der Waals surface area contributed by atoms with E-state index in [9.17, 15) is 13.6 Å². The number of nitrogens with zero attached hydrogens (tertiary/aromatic N) is 5. The van der Waals surface area contributed by atoms with Crippen molar-refractivity contribution in [3.05, 3.63) is 23.1 Å². The van der Waals surface area contributed by atoms with Gasteiger partial charge in [-0.05, 0) is 12.8 Å². The van der Waals surface area contributed by atoms with Crippen LogP contribution in [0.3, 0.4) is 0 Å². The Morgan fingerprint density at radius 3 is 2.85 bits per heavy atom. The molecule has 1 N–H and O–H groups in total. The first-order valence-electron chi connectivity index (χ1n) is 5.83. The molecule has 8 nitrogen and oxygen atoms in total. The van der Waals surface area contributed by atoms with Crippen LogP contribution in [0.4, 0.5) is 8.78 Å². The van der Waals surface area contributed by atoms with Gasteiger partial charge in [0.25, 0.3) is 6.43 Å². The summed E-state index contributed by atoms with van der Waals surface area (Å²) in [6.07, 6.45) is -1.07. The third kappa shape index (κ3) is 2.24. The number of hydrogen-bond donors (Lipinski definition) is 1. The van der Waals surface area contributed by atoms with Gasteiger partial charge in [-0.3, -0.25) is 0 Å². The molecule has 1 aliphatic carbocycles. The van der Waals surface area contributed by atoms with Crippen LogP contribution in [0.25, 0.3) is 0 Å². The van der Waals surface area contributed by atoms with Gasteiger partial charge in [0.1, 0.15) is 12.2 Å². The van der Waals surface area contributed by atoms with E-state index in [2.05, 4.69) is 20.5 Å². The molecule has 1 saturated carbocycles. The SMILES string of the molecule is O=C(O)c1nnn(Cc2noc(C3CC3)n2)c1C(F)F. The molecule has 1 aliphatic rings. The van der Waals surface area contributed by atoms with E-state index in [0.29, 0.717) is 5.89 Å². The Kier molecular flexibility index (Phi) is 2.92. The highest BCUT2D eigenvalue weighted by Crippen LogP contribution is 2.38. The summed E-state index contributed by atoms with van der Waals surface area (Å²) < 4.78 is 31.6. The molecule has 1 fully saturated rings. The smallest absolute Gasteiger partial charge is 0.358 e. The third-order valence-electron chi connectivity index (χ3n) is 2.88. The van der Waals surface area contributed by atoms with E-state index in [4.69, 9.17) is 9.63 Å². The van der Waals surface area contributed by atoms with Crippen molar-refractivity contribution in [1.29, 1.82) is 0 Å². The van der Waals surface area contributed by atoms with Crippen LogP contribution >= 0.6 is 0 Å². The molecule has 2 heterocycles. The van der Waals surface area contributed by atoms with Gasteiger partial charge in [0, 0.05) is 5.92 Å². The number of halogens is 2. The third-order valence-corrected chi connectivity index (χ3v) is 2.88. The molecule has 20 heavy (non-hydrogen) atoms. The molecular formula is C10H9F2N5O3. The zero-order chi connectivity index (χ0) is 14.3. The Hall–Kier alpha value is -2.39. The van der Waals surface area contributed by atoms with Crippen molar-refractivity contribution in [2.24, 2.45) is 0 Å². The molecule has 0 aliphatic heterocycles. The number of rotatable bonds is 5. The van der Waals surface area contributed by atoms with Crippen LogP contribution in [0, 0.1) is 0 Å². The average molecular weight is 285 g/mol. The molecule has 0 saturated heterocycles. The highest BCUT2D eigenvalue weighted by Gasteiger charge is 2.31. The zero-order valence-corrected chi connectivity index (χ0v) is 10.0. The zero-order valence-electron chi connectivity index (χ0n) is 10.0. The summed E-state index contributed by atoms with van der Waals surface area (Å²) >= 11 is 0. The highest BCUT2D eigenvalue weighted by atomic mass is 19.3. The van der Waals surface area contributed by atoms with E-state index in [-0.39, 0.29) is 18.3 Å². The maximum atomic E-state index is 12.9. The van der Waals surface area contributed by atoms with Crippen molar-refractivity contribution in [3.63, 3.8) is 0 Å². The molecule has 0 bridgehead atoms. The summed E-state index contributed by atoms with van der Waals surface area (Å²) in [4.78, 5) is 14.9. The molecule has 2 aromatic rings. The molecule has 3 rings (SSSR count). The number of aromatic nitrogens is 5. The van der Waals surface area contributed by atoms with Crippen LogP contribution in [0.2, 0.25) is 0 Å². The lowest BCUT2D eigenvalue weighted by atomic mass is 10.3. The molecule has 0 aromatic carbocycles. The Balaban J connectivity index is 1.87. The quantitative estimate of drug-likeness (QED) is 0.880. The van der Waals surface area contributed by atoms with Gasteiger partial charge in [0.2, 0.25) is 5.89 Å². The van der Waals surface area contributed by atoms with Crippen molar-refractivity contribution in [1.82, 2.24) is 25.1 Å². The lowest BCUT2D eigenvalue weighted by Gasteiger charge is -2.02. The second kappa shape index (κ2) is 4.62. The fourth-order valence-corrected chi connectivity index (χ4v) is 1.77. The van der Waals surface area contributed by atoms with Crippen molar-refractivity contribution in [2.75, 3.05) is 0 Å². The van der Waals surface area contributed by atoms with Crippen molar-refractivity contribution < 1.29 is 23.2 Å². The topological polar surface area (TPSA) is 107 Å². The predicted octanol–water partition coefficient (Wildman–Crippen LogP) is 1.22. The number of carbonyl (C=O) groups is 1. The highest BCUT2D eigenvalue weighted by molar-refractivity contribution is 5.86. The van der Waals surface area contributed by atoms with Crippen LogP contribution in [0.15, 0.2) is 4.52 Å². The number of carboxylic acids is 1. The normalized spacial score (nSPS) is 14.9. The van der Waals surface area contributed by atoms with Crippen LogP contribution in [0.5, 0.6) is 0 Å². The summed E-state index contributed by atoms with van der Waals surface area (Å²) in [6.45, 7) is -0.212. The van der Waals surface area contributed by atoms with Crippen molar-refractivity contribution in [2.45, 2.75) is 31.7 Å². The summed E-state index contributed by atoms with van der Waals surface area (Å²) in [6, 6.07) is 0. The first kappa shape index (κ1) is 12.6. The first-order valence-corrected chi connectivity index (χ1v) is 5.83. The van der Waals surface area contributed by atoms with Gasteiger partial charge >= 0.3 is 5.97 Å². The summed E-state index contributed by atoms with van der Waals surface area (Å²) in [7, 11) is 0. The second-order valence-corrected chi connectivity index (χ2v) is 4.41. The monoisotopic (exact) mass is 285 g/mol. The maximum absolute atomic E-state index is 12.9. The fourth-order valence-electron chi connectivity index (χ4n) is 1.77. The predicted molar refractivity (Wildman–Crippen MR) is 57.3 cm³/mol. The molecule has 106 valence electrons. The first-order chi connectivity index (χ1) is 9.56. The molecule has 0 unspecified atom stereocenters. The minimum atomic E-state index is -3.01. The van der Waals surface area contributed by atoms with Gasteiger partial charge in [-0.2, -0.15) is 4.98 Å². The fraction of sp³-hybridized carbons (Fsp3) is 0.500. The summed E-state index contributed by atoms with van der Waals surface area (Å²) in [5, 5.41) is 19.1. The Morgan fingerprint density at radius 1 is 1.50 bits per heavy atom. The molecule has 0 spiro atoms. The number of alkyl halides is 2. The Bertz CT molecular complexity index is 649. The van der Waals surface area contributed by atoms with Gasteiger partial charge in [-0.1, -0.05) is 10.4 Å². The molecule has 0 radical (unpaired) electrons. The minimum Gasteiger partial charge on any atom is -0.476 e. The van der Waals surface area contributed by atoms with Gasteiger partial charge < -0.3 is 9.63 Å². The number of hydrogen-bond acceptors (Lipinski definition) is 6. The largest absolute Gasteiger partial charge is 0.476 e. The van der Waals surface area contributed by atoms with E-state index < -0.39 is 23.8 Å². The summed E-state index contributed by atoms with van der Waals surface area (Å²) in [5.41, 5.74) is -1.54. The van der Waals surface area contributed by atoms with Crippen LogP contribution in [-0.2, 0) is 6.54 Å². The van der Waals surface area contributed by atoms with E-state index >= 15 is 0 Å². The average Bonchev–Trinajstić information content (AvgIpc) is 2.98. The Morgan fingerprint density at radius 2 is 2.25 bits per heavy atom. The van der Waals surface area contributed by atoms with Gasteiger partial charge in [0.15, 0.2) is 11.5 Å². The van der Waals surface area contributed by atoms with Crippen LogP contribution < -0.4 is 0 Å². The van der Waals surface area contributed by atoms with Crippen molar-refractivity contribution in [3.8, 4) is 0 Å². The minimum absolute atomic E-state index is 0.163. The van der Waals surface area contributed by atoms with Gasteiger partial charge in [-0.15, -0.1) is 5.10 Å². The molecule has 10 heteroatoms. The lowest BCUT2D eigenvalue weighted by molar-refractivity contribution is 0.0675.